The minimum atomic E-state index is -1.71. The summed E-state index contributed by atoms with van der Waals surface area (Å²) in [6, 6.07) is 0. The van der Waals surface area contributed by atoms with Gasteiger partial charge < -0.3 is 4.74 Å². The van der Waals surface area contributed by atoms with Gasteiger partial charge in [0.05, 0.1) is 11.6 Å². The van der Waals surface area contributed by atoms with E-state index in [1.54, 1.807) is 13.8 Å². The number of ether oxygens (including phenoxy) is 1. The van der Waals surface area contributed by atoms with E-state index >= 15 is 0 Å². The molecule has 90 valence electrons. The van der Waals surface area contributed by atoms with Crippen LogP contribution in [0.3, 0.4) is 0 Å². The van der Waals surface area contributed by atoms with Gasteiger partial charge in [0.15, 0.2) is 0 Å². The first-order chi connectivity index (χ1) is 7.29. The molecule has 7 heteroatoms. The third kappa shape index (κ3) is 2.99. The highest BCUT2D eigenvalue weighted by Crippen LogP contribution is 2.44. The molecule has 0 atom stereocenters. The van der Waals surface area contributed by atoms with Crippen LogP contribution in [0, 0.1) is 6.92 Å². The van der Waals surface area contributed by atoms with Crippen molar-refractivity contribution in [1.82, 2.24) is 4.98 Å². The van der Waals surface area contributed by atoms with Crippen molar-refractivity contribution in [3.05, 3.63) is 21.3 Å². The highest BCUT2D eigenvalue weighted by atomic mass is 35.6. The lowest BCUT2D eigenvalue weighted by atomic mass is 10.2. The average molecular weight is 323 g/mol. The monoisotopic (exact) mass is 321 g/mol. The van der Waals surface area contributed by atoms with Crippen molar-refractivity contribution in [3.8, 4) is 5.88 Å². The zero-order valence-corrected chi connectivity index (χ0v) is 12.2. The molecule has 0 aliphatic heterocycles. The van der Waals surface area contributed by atoms with E-state index in [4.69, 9.17) is 62.7 Å². The number of aromatic nitrogens is 1. The average Bonchev–Trinajstić information content (AvgIpc) is 2.17. The van der Waals surface area contributed by atoms with E-state index in [1.165, 1.54) is 0 Å². The van der Waals surface area contributed by atoms with Crippen LogP contribution >= 0.6 is 58.0 Å². The van der Waals surface area contributed by atoms with Crippen LogP contribution in [0.2, 0.25) is 10.0 Å². The number of pyridine rings is 1. The number of alkyl halides is 3. The molecule has 0 N–H and O–H groups in total. The smallest absolute Gasteiger partial charge is 0.234 e. The Hall–Kier alpha value is 0.400. The van der Waals surface area contributed by atoms with Gasteiger partial charge in [0, 0.05) is 0 Å². The molecule has 1 rings (SSSR count). The first-order valence-corrected chi connectivity index (χ1v) is 6.23. The highest BCUT2D eigenvalue weighted by Gasteiger charge is 2.31. The maximum Gasteiger partial charge on any atom is 0.234 e. The van der Waals surface area contributed by atoms with Gasteiger partial charge in [0.25, 0.3) is 0 Å². The second kappa shape index (κ2) is 5.36. The van der Waals surface area contributed by atoms with Gasteiger partial charge in [-0.15, -0.1) is 0 Å². The first-order valence-electron chi connectivity index (χ1n) is 4.34. The van der Waals surface area contributed by atoms with Crippen molar-refractivity contribution < 1.29 is 4.74 Å². The van der Waals surface area contributed by atoms with Gasteiger partial charge in [-0.2, -0.15) is 0 Å². The summed E-state index contributed by atoms with van der Waals surface area (Å²) < 4.78 is 3.52. The van der Waals surface area contributed by atoms with Crippen molar-refractivity contribution in [2.45, 2.75) is 17.6 Å². The number of rotatable bonds is 2. The van der Waals surface area contributed by atoms with Crippen LogP contribution < -0.4 is 4.74 Å². The SMILES string of the molecule is CCOc1nc(C(Cl)(Cl)Cl)c(Cl)c(C)c1Cl. The molecule has 0 aromatic carbocycles. The predicted octanol–water partition coefficient (Wildman–Crippen LogP) is 4.92. The summed E-state index contributed by atoms with van der Waals surface area (Å²) in [5.74, 6) is 0.215. The van der Waals surface area contributed by atoms with Crippen LogP contribution in [-0.4, -0.2) is 11.6 Å². The third-order valence-corrected chi connectivity index (χ3v) is 3.26. The molecule has 2 nitrogen and oxygen atoms in total. The second-order valence-corrected chi connectivity index (χ2v) is 5.99. The zero-order chi connectivity index (χ0) is 12.5. The summed E-state index contributed by atoms with van der Waals surface area (Å²) in [7, 11) is 0. The van der Waals surface area contributed by atoms with Crippen molar-refractivity contribution >= 4 is 58.0 Å². The maximum absolute atomic E-state index is 6.00. The van der Waals surface area contributed by atoms with Gasteiger partial charge in [-0.25, -0.2) is 4.98 Å². The van der Waals surface area contributed by atoms with E-state index in [1.807, 2.05) is 0 Å². The number of nitrogens with zero attached hydrogens (tertiary/aromatic N) is 1. The minimum Gasteiger partial charge on any atom is -0.477 e. The fourth-order valence-corrected chi connectivity index (χ4v) is 2.13. The van der Waals surface area contributed by atoms with E-state index in [-0.39, 0.29) is 16.6 Å². The highest BCUT2D eigenvalue weighted by molar-refractivity contribution is 6.67. The molecule has 0 unspecified atom stereocenters. The van der Waals surface area contributed by atoms with E-state index in [0.29, 0.717) is 17.2 Å². The van der Waals surface area contributed by atoms with Gasteiger partial charge in [0.2, 0.25) is 9.67 Å². The standard InChI is InChI=1S/C9H8Cl5NO/c1-3-16-8-6(11)4(2)5(10)7(15-8)9(12,13)14/h3H2,1-2H3. The van der Waals surface area contributed by atoms with Gasteiger partial charge in [0.1, 0.15) is 10.7 Å². The molecule has 1 aromatic heterocycles. The number of halogens is 5. The Morgan fingerprint density at radius 2 is 1.75 bits per heavy atom. The van der Waals surface area contributed by atoms with E-state index in [2.05, 4.69) is 4.98 Å². The molecule has 1 aromatic rings. The van der Waals surface area contributed by atoms with Crippen LogP contribution in [-0.2, 0) is 3.79 Å². The Balaban J connectivity index is 3.41. The van der Waals surface area contributed by atoms with Crippen LogP contribution in [0.25, 0.3) is 0 Å². The Kier molecular flexibility index (Phi) is 4.85. The van der Waals surface area contributed by atoms with Crippen LogP contribution in [0.4, 0.5) is 0 Å². The number of hydrogen-bond donors (Lipinski definition) is 0. The summed E-state index contributed by atoms with van der Waals surface area (Å²) in [6.45, 7) is 3.92. The molecule has 0 radical (unpaired) electrons. The summed E-state index contributed by atoms with van der Waals surface area (Å²) in [5, 5.41) is 0.554. The van der Waals surface area contributed by atoms with Crippen LogP contribution in [0.1, 0.15) is 18.2 Å². The molecule has 0 aliphatic rings. The molecule has 16 heavy (non-hydrogen) atoms. The summed E-state index contributed by atoms with van der Waals surface area (Å²) >= 11 is 29.2. The van der Waals surface area contributed by atoms with Crippen molar-refractivity contribution in [3.63, 3.8) is 0 Å². The first kappa shape index (κ1) is 14.5. The van der Waals surface area contributed by atoms with Gasteiger partial charge in [-0.05, 0) is 19.4 Å². The molecule has 0 saturated carbocycles. The third-order valence-electron chi connectivity index (χ3n) is 1.82. The normalized spacial score (nSPS) is 11.7. The molecule has 0 amide bonds. The lowest BCUT2D eigenvalue weighted by Gasteiger charge is -2.16. The Labute approximate surface area is 119 Å². The number of hydrogen-bond acceptors (Lipinski definition) is 2. The molecule has 1 heterocycles. The zero-order valence-electron chi connectivity index (χ0n) is 8.45. The molecular formula is C9H8Cl5NO. The van der Waals surface area contributed by atoms with Gasteiger partial charge >= 0.3 is 0 Å². The fraction of sp³-hybridized carbons (Fsp3) is 0.444. The largest absolute Gasteiger partial charge is 0.477 e. The Morgan fingerprint density at radius 1 is 1.19 bits per heavy atom. The Bertz CT molecular complexity index is 402. The summed E-state index contributed by atoms with van der Waals surface area (Å²) in [6.07, 6.45) is 0. The lowest BCUT2D eigenvalue weighted by Crippen LogP contribution is -2.09. The predicted molar refractivity (Wildman–Crippen MR) is 69.4 cm³/mol. The second-order valence-electron chi connectivity index (χ2n) is 2.95. The van der Waals surface area contributed by atoms with Crippen molar-refractivity contribution in [2.24, 2.45) is 0 Å². The quantitative estimate of drug-likeness (QED) is 0.721. The van der Waals surface area contributed by atoms with E-state index < -0.39 is 3.79 Å². The van der Waals surface area contributed by atoms with Crippen LogP contribution in [0.15, 0.2) is 0 Å². The minimum absolute atomic E-state index is 0.115. The fourth-order valence-electron chi connectivity index (χ4n) is 1.05. The van der Waals surface area contributed by atoms with Gasteiger partial charge in [-0.3, -0.25) is 0 Å². The Morgan fingerprint density at radius 3 is 2.19 bits per heavy atom. The molecule has 0 fully saturated rings. The molecule has 0 spiro atoms. The lowest BCUT2D eigenvalue weighted by molar-refractivity contribution is 0.326. The van der Waals surface area contributed by atoms with Crippen LogP contribution in [0.5, 0.6) is 5.88 Å². The topological polar surface area (TPSA) is 22.1 Å². The van der Waals surface area contributed by atoms with Crippen molar-refractivity contribution in [1.29, 1.82) is 0 Å². The summed E-state index contributed by atoms with van der Waals surface area (Å²) in [5.41, 5.74) is 0.688. The van der Waals surface area contributed by atoms with E-state index in [9.17, 15) is 0 Å². The molecule has 0 saturated heterocycles. The molecular weight excluding hydrogens is 315 g/mol. The maximum atomic E-state index is 6.00. The van der Waals surface area contributed by atoms with Gasteiger partial charge in [-0.1, -0.05) is 58.0 Å². The summed E-state index contributed by atoms with van der Waals surface area (Å²) in [4.78, 5) is 4.01. The molecule has 0 aliphatic carbocycles. The van der Waals surface area contributed by atoms with E-state index in [0.717, 1.165) is 0 Å². The van der Waals surface area contributed by atoms with Crippen molar-refractivity contribution in [2.75, 3.05) is 6.61 Å². The molecule has 0 bridgehead atoms.